The SMILES string of the molecule is c1cc2nc3n(c2cc1C1CCCCN1)CCC3. The second-order valence-electron chi connectivity index (χ2n) is 5.53. The van der Waals surface area contributed by atoms with E-state index in [0.29, 0.717) is 6.04 Å². The average molecular weight is 241 g/mol. The molecule has 1 aromatic heterocycles. The highest BCUT2D eigenvalue weighted by atomic mass is 15.1. The number of benzene rings is 1. The first-order valence-electron chi connectivity index (χ1n) is 7.14. The van der Waals surface area contributed by atoms with Crippen LogP contribution in [0.1, 0.15) is 43.1 Å². The summed E-state index contributed by atoms with van der Waals surface area (Å²) in [4.78, 5) is 4.72. The van der Waals surface area contributed by atoms with Crippen LogP contribution in [0.15, 0.2) is 18.2 Å². The van der Waals surface area contributed by atoms with Gasteiger partial charge in [-0.25, -0.2) is 4.98 Å². The van der Waals surface area contributed by atoms with Crippen LogP contribution in [0.5, 0.6) is 0 Å². The number of nitrogens with one attached hydrogen (secondary N) is 1. The van der Waals surface area contributed by atoms with E-state index in [4.69, 9.17) is 4.98 Å². The fraction of sp³-hybridized carbons (Fsp3) is 0.533. The first-order valence-corrected chi connectivity index (χ1v) is 7.14. The molecule has 1 unspecified atom stereocenters. The third-order valence-corrected chi connectivity index (χ3v) is 4.35. The molecule has 2 aliphatic heterocycles. The van der Waals surface area contributed by atoms with Crippen molar-refractivity contribution in [2.45, 2.75) is 44.7 Å². The van der Waals surface area contributed by atoms with E-state index in [1.54, 1.807) is 0 Å². The molecule has 3 heteroatoms. The Hall–Kier alpha value is -1.35. The van der Waals surface area contributed by atoms with Crippen molar-refractivity contribution in [3.05, 3.63) is 29.6 Å². The molecule has 3 heterocycles. The molecule has 0 bridgehead atoms. The van der Waals surface area contributed by atoms with Crippen LogP contribution in [0.3, 0.4) is 0 Å². The van der Waals surface area contributed by atoms with Crippen LogP contribution in [0.4, 0.5) is 0 Å². The van der Waals surface area contributed by atoms with Crippen LogP contribution in [0.2, 0.25) is 0 Å². The van der Waals surface area contributed by atoms with Gasteiger partial charge in [0.2, 0.25) is 0 Å². The molecule has 0 saturated carbocycles. The lowest BCUT2D eigenvalue weighted by Gasteiger charge is -2.23. The molecule has 3 nitrogen and oxygen atoms in total. The van der Waals surface area contributed by atoms with Gasteiger partial charge in [0.1, 0.15) is 5.82 Å². The molecule has 1 atom stereocenters. The highest BCUT2D eigenvalue weighted by Gasteiger charge is 2.19. The van der Waals surface area contributed by atoms with Crippen LogP contribution in [0.25, 0.3) is 11.0 Å². The van der Waals surface area contributed by atoms with E-state index < -0.39 is 0 Å². The number of hydrogen-bond acceptors (Lipinski definition) is 2. The summed E-state index contributed by atoms with van der Waals surface area (Å²) in [5, 5.41) is 3.63. The number of rotatable bonds is 1. The van der Waals surface area contributed by atoms with Crippen molar-refractivity contribution < 1.29 is 0 Å². The zero-order chi connectivity index (χ0) is 11.9. The van der Waals surface area contributed by atoms with Crippen LogP contribution in [0, 0.1) is 0 Å². The highest BCUT2D eigenvalue weighted by molar-refractivity contribution is 5.77. The van der Waals surface area contributed by atoms with Crippen LogP contribution < -0.4 is 5.32 Å². The molecule has 1 saturated heterocycles. The van der Waals surface area contributed by atoms with E-state index in [1.807, 2.05) is 0 Å². The van der Waals surface area contributed by atoms with E-state index in [9.17, 15) is 0 Å². The van der Waals surface area contributed by atoms with E-state index in [2.05, 4.69) is 28.1 Å². The zero-order valence-electron chi connectivity index (χ0n) is 10.7. The minimum atomic E-state index is 0.552. The Balaban J connectivity index is 1.78. The zero-order valence-corrected chi connectivity index (χ0v) is 10.7. The lowest BCUT2D eigenvalue weighted by Crippen LogP contribution is -2.26. The maximum atomic E-state index is 4.72. The second kappa shape index (κ2) is 4.09. The Morgan fingerprint density at radius 3 is 3.11 bits per heavy atom. The smallest absolute Gasteiger partial charge is 0.109 e. The topological polar surface area (TPSA) is 29.9 Å². The van der Waals surface area contributed by atoms with Gasteiger partial charge >= 0.3 is 0 Å². The van der Waals surface area contributed by atoms with Gasteiger partial charge in [0.15, 0.2) is 0 Å². The average Bonchev–Trinajstić information content (AvgIpc) is 2.99. The van der Waals surface area contributed by atoms with Crippen LogP contribution in [-0.2, 0) is 13.0 Å². The normalized spacial score (nSPS) is 23.4. The molecule has 1 N–H and O–H groups in total. The van der Waals surface area contributed by atoms with Gasteiger partial charge in [-0.15, -0.1) is 0 Å². The van der Waals surface area contributed by atoms with Crippen molar-refractivity contribution in [1.29, 1.82) is 0 Å². The molecule has 2 aromatic rings. The van der Waals surface area contributed by atoms with Crippen molar-refractivity contribution in [2.75, 3.05) is 6.54 Å². The Morgan fingerprint density at radius 2 is 2.22 bits per heavy atom. The Labute approximate surface area is 107 Å². The van der Waals surface area contributed by atoms with Gasteiger partial charge < -0.3 is 9.88 Å². The number of imidazole rings is 1. The summed E-state index contributed by atoms with van der Waals surface area (Å²) in [5.41, 5.74) is 3.95. The van der Waals surface area contributed by atoms with Crippen molar-refractivity contribution >= 4 is 11.0 Å². The summed E-state index contributed by atoms with van der Waals surface area (Å²) < 4.78 is 2.40. The maximum Gasteiger partial charge on any atom is 0.109 e. The summed E-state index contributed by atoms with van der Waals surface area (Å²) in [6.07, 6.45) is 6.34. The number of aryl methyl sites for hydroxylation is 2. The molecule has 94 valence electrons. The predicted molar refractivity (Wildman–Crippen MR) is 72.6 cm³/mol. The number of nitrogens with zero attached hydrogens (tertiary/aromatic N) is 2. The van der Waals surface area contributed by atoms with Crippen LogP contribution >= 0.6 is 0 Å². The Bertz CT molecular complexity index is 579. The molecule has 18 heavy (non-hydrogen) atoms. The van der Waals surface area contributed by atoms with Gasteiger partial charge in [-0.2, -0.15) is 0 Å². The van der Waals surface area contributed by atoms with E-state index in [-0.39, 0.29) is 0 Å². The monoisotopic (exact) mass is 241 g/mol. The quantitative estimate of drug-likeness (QED) is 0.832. The summed E-state index contributed by atoms with van der Waals surface area (Å²) in [6, 6.07) is 7.37. The molecular weight excluding hydrogens is 222 g/mol. The van der Waals surface area contributed by atoms with Crippen molar-refractivity contribution in [2.24, 2.45) is 0 Å². The molecule has 4 rings (SSSR count). The third kappa shape index (κ3) is 1.57. The first-order chi connectivity index (χ1) is 8.92. The van der Waals surface area contributed by atoms with E-state index in [1.165, 1.54) is 48.1 Å². The lowest BCUT2D eigenvalue weighted by molar-refractivity contribution is 0.412. The lowest BCUT2D eigenvalue weighted by atomic mass is 9.97. The summed E-state index contributed by atoms with van der Waals surface area (Å²) >= 11 is 0. The standard InChI is InChI=1S/C15H19N3/c1-2-8-16-12(4-1)11-6-7-13-14(10-11)18-9-3-5-15(18)17-13/h6-7,10,12,16H,1-5,8-9H2. The van der Waals surface area contributed by atoms with E-state index in [0.717, 1.165) is 19.5 Å². The number of hydrogen-bond donors (Lipinski definition) is 1. The minimum absolute atomic E-state index is 0.552. The van der Waals surface area contributed by atoms with Crippen molar-refractivity contribution in [3.8, 4) is 0 Å². The van der Waals surface area contributed by atoms with Crippen LogP contribution in [-0.4, -0.2) is 16.1 Å². The van der Waals surface area contributed by atoms with Crippen molar-refractivity contribution in [1.82, 2.24) is 14.9 Å². The highest BCUT2D eigenvalue weighted by Crippen LogP contribution is 2.28. The summed E-state index contributed by atoms with van der Waals surface area (Å²) in [7, 11) is 0. The summed E-state index contributed by atoms with van der Waals surface area (Å²) in [6.45, 7) is 2.31. The largest absolute Gasteiger partial charge is 0.328 e. The maximum absolute atomic E-state index is 4.72. The third-order valence-electron chi connectivity index (χ3n) is 4.35. The summed E-state index contributed by atoms with van der Waals surface area (Å²) in [5.74, 6) is 1.28. The Morgan fingerprint density at radius 1 is 1.22 bits per heavy atom. The van der Waals surface area contributed by atoms with Gasteiger partial charge in [-0.05, 0) is 43.5 Å². The molecule has 0 amide bonds. The Kier molecular flexibility index (Phi) is 2.40. The number of aromatic nitrogens is 2. The molecular formula is C15H19N3. The van der Waals surface area contributed by atoms with Crippen molar-refractivity contribution in [3.63, 3.8) is 0 Å². The molecule has 0 spiro atoms. The molecule has 0 radical (unpaired) electrons. The van der Waals surface area contributed by atoms with E-state index >= 15 is 0 Å². The molecule has 0 aliphatic carbocycles. The molecule has 1 fully saturated rings. The fourth-order valence-electron chi connectivity index (χ4n) is 3.38. The number of piperidine rings is 1. The predicted octanol–water partition coefficient (Wildman–Crippen LogP) is 2.80. The minimum Gasteiger partial charge on any atom is -0.328 e. The fourth-order valence-corrected chi connectivity index (χ4v) is 3.38. The van der Waals surface area contributed by atoms with Gasteiger partial charge in [-0.1, -0.05) is 12.5 Å². The second-order valence-corrected chi connectivity index (χ2v) is 5.53. The number of fused-ring (bicyclic) bond motifs is 3. The van der Waals surface area contributed by atoms with Gasteiger partial charge in [0.25, 0.3) is 0 Å². The van der Waals surface area contributed by atoms with Gasteiger partial charge in [0.05, 0.1) is 11.0 Å². The van der Waals surface area contributed by atoms with Gasteiger partial charge in [0, 0.05) is 19.0 Å². The molecule has 2 aliphatic rings. The first kappa shape index (κ1) is 10.6. The molecule has 1 aromatic carbocycles. The van der Waals surface area contributed by atoms with Gasteiger partial charge in [-0.3, -0.25) is 0 Å².